The Bertz CT molecular complexity index is 538. The van der Waals surface area contributed by atoms with Crippen LogP contribution in [-0.2, 0) is 9.59 Å². The molecule has 1 saturated carbocycles. The van der Waals surface area contributed by atoms with Gasteiger partial charge in [0.2, 0.25) is 11.8 Å². The van der Waals surface area contributed by atoms with Crippen LogP contribution in [0.2, 0.25) is 0 Å². The summed E-state index contributed by atoms with van der Waals surface area (Å²) in [7, 11) is 0. The molecule has 4 rings (SSSR count). The lowest BCUT2D eigenvalue weighted by Gasteiger charge is -2.24. The maximum absolute atomic E-state index is 12.3. The number of amides is 2. The van der Waals surface area contributed by atoms with Crippen LogP contribution >= 0.6 is 11.3 Å². The Morgan fingerprint density at radius 1 is 1.30 bits per heavy atom. The molecule has 0 bridgehead atoms. The number of thiophene rings is 1. The van der Waals surface area contributed by atoms with Crippen LogP contribution in [0.5, 0.6) is 0 Å². The molecule has 3 heterocycles. The lowest BCUT2D eigenvalue weighted by atomic mass is 10.1. The van der Waals surface area contributed by atoms with Gasteiger partial charge in [0.05, 0.1) is 17.8 Å². The van der Waals surface area contributed by atoms with Crippen molar-refractivity contribution in [3.8, 4) is 0 Å². The van der Waals surface area contributed by atoms with Gasteiger partial charge in [-0.3, -0.25) is 9.59 Å². The van der Waals surface area contributed by atoms with Crippen LogP contribution < -0.4 is 4.90 Å². The van der Waals surface area contributed by atoms with Crippen LogP contribution in [0.1, 0.15) is 32.1 Å². The number of likely N-dealkylation sites (tertiary alicyclic amines) is 1. The summed E-state index contributed by atoms with van der Waals surface area (Å²) in [6.45, 7) is 0.814. The van der Waals surface area contributed by atoms with Crippen molar-refractivity contribution < 1.29 is 9.59 Å². The summed E-state index contributed by atoms with van der Waals surface area (Å²) in [5.74, 6) is 1.05. The van der Waals surface area contributed by atoms with Crippen LogP contribution in [0.15, 0.2) is 16.8 Å². The van der Waals surface area contributed by atoms with Crippen molar-refractivity contribution in [3.63, 3.8) is 0 Å². The Morgan fingerprint density at radius 3 is 2.85 bits per heavy atom. The standard InChI is InChI=1S/C15H18N2O2S/c18-14(7-10-1-2-10)16-5-3-12-13(16)8-15(19)17(12)11-4-6-20-9-11/h4,6,9-10,12-13H,1-3,5,7-8H2/t12-,13+/m1/s1. The summed E-state index contributed by atoms with van der Waals surface area (Å²) < 4.78 is 0. The van der Waals surface area contributed by atoms with Crippen LogP contribution in [-0.4, -0.2) is 35.3 Å². The number of fused-ring (bicyclic) bond motifs is 1. The number of nitrogens with zero attached hydrogens (tertiary/aromatic N) is 2. The van der Waals surface area contributed by atoms with Crippen molar-refractivity contribution in [2.45, 2.75) is 44.2 Å². The Balaban J connectivity index is 1.53. The fraction of sp³-hybridized carbons (Fsp3) is 0.600. The molecule has 2 aliphatic heterocycles. The topological polar surface area (TPSA) is 40.6 Å². The van der Waals surface area contributed by atoms with E-state index in [0.29, 0.717) is 18.8 Å². The lowest BCUT2D eigenvalue weighted by molar-refractivity contribution is -0.132. The average Bonchev–Trinajstić information content (AvgIpc) is 2.85. The third kappa shape index (κ3) is 1.95. The van der Waals surface area contributed by atoms with Crippen molar-refractivity contribution in [3.05, 3.63) is 16.8 Å². The Kier molecular flexibility index (Phi) is 2.84. The highest BCUT2D eigenvalue weighted by atomic mass is 32.1. The maximum Gasteiger partial charge on any atom is 0.229 e. The van der Waals surface area contributed by atoms with E-state index in [1.165, 1.54) is 12.8 Å². The minimum atomic E-state index is 0.105. The molecule has 0 aromatic carbocycles. The van der Waals surface area contributed by atoms with Crippen molar-refractivity contribution >= 4 is 28.8 Å². The van der Waals surface area contributed by atoms with Gasteiger partial charge in [0, 0.05) is 24.8 Å². The van der Waals surface area contributed by atoms with E-state index in [2.05, 4.69) is 0 Å². The van der Waals surface area contributed by atoms with E-state index in [-0.39, 0.29) is 23.9 Å². The summed E-state index contributed by atoms with van der Waals surface area (Å²) in [6.07, 6.45) is 4.51. The van der Waals surface area contributed by atoms with Crippen molar-refractivity contribution in [1.29, 1.82) is 0 Å². The van der Waals surface area contributed by atoms with Crippen LogP contribution in [0.25, 0.3) is 0 Å². The third-order valence-electron chi connectivity index (χ3n) is 4.76. The smallest absolute Gasteiger partial charge is 0.229 e. The number of rotatable bonds is 3. The quantitative estimate of drug-likeness (QED) is 0.856. The minimum Gasteiger partial charge on any atom is -0.337 e. The average molecular weight is 290 g/mol. The molecule has 1 aromatic heterocycles. The van der Waals surface area contributed by atoms with Gasteiger partial charge in [0.1, 0.15) is 0 Å². The first kappa shape index (κ1) is 12.4. The highest BCUT2D eigenvalue weighted by Gasteiger charge is 2.49. The second-order valence-corrected chi connectivity index (χ2v) is 6.89. The fourth-order valence-electron chi connectivity index (χ4n) is 3.57. The molecule has 3 aliphatic rings. The van der Waals surface area contributed by atoms with E-state index < -0.39 is 0 Å². The summed E-state index contributed by atoms with van der Waals surface area (Å²) in [4.78, 5) is 28.5. The van der Waals surface area contributed by atoms with Gasteiger partial charge in [0.25, 0.3) is 0 Å². The molecule has 0 spiro atoms. The second kappa shape index (κ2) is 4.58. The fourth-order valence-corrected chi connectivity index (χ4v) is 4.20. The zero-order chi connectivity index (χ0) is 13.7. The van der Waals surface area contributed by atoms with E-state index in [4.69, 9.17) is 0 Å². The van der Waals surface area contributed by atoms with E-state index in [1.54, 1.807) is 11.3 Å². The summed E-state index contributed by atoms with van der Waals surface area (Å²) in [6, 6.07) is 2.30. The molecule has 1 aliphatic carbocycles. The molecule has 106 valence electrons. The number of carbonyl (C=O) groups is 2. The van der Waals surface area contributed by atoms with E-state index in [0.717, 1.165) is 18.7 Å². The first-order chi connectivity index (χ1) is 9.74. The molecule has 2 atom stereocenters. The molecule has 20 heavy (non-hydrogen) atoms. The number of anilines is 1. The van der Waals surface area contributed by atoms with E-state index in [1.807, 2.05) is 26.6 Å². The van der Waals surface area contributed by atoms with Gasteiger partial charge in [-0.25, -0.2) is 0 Å². The normalized spacial score (nSPS) is 29.1. The van der Waals surface area contributed by atoms with Crippen LogP contribution in [0.4, 0.5) is 5.69 Å². The Labute approximate surface area is 122 Å². The van der Waals surface area contributed by atoms with E-state index in [9.17, 15) is 9.59 Å². The highest BCUT2D eigenvalue weighted by molar-refractivity contribution is 7.08. The number of hydrogen-bond acceptors (Lipinski definition) is 3. The number of carbonyl (C=O) groups excluding carboxylic acids is 2. The van der Waals surface area contributed by atoms with Gasteiger partial charge in [-0.05, 0) is 36.6 Å². The third-order valence-corrected chi connectivity index (χ3v) is 5.43. The van der Waals surface area contributed by atoms with Gasteiger partial charge >= 0.3 is 0 Å². The Hall–Kier alpha value is -1.36. The van der Waals surface area contributed by atoms with Gasteiger partial charge in [0.15, 0.2) is 0 Å². The van der Waals surface area contributed by atoms with Crippen LogP contribution in [0.3, 0.4) is 0 Å². The molecule has 2 amide bonds. The summed E-state index contributed by atoms with van der Waals surface area (Å²) in [5.41, 5.74) is 1.00. The van der Waals surface area contributed by atoms with Gasteiger partial charge in [-0.1, -0.05) is 0 Å². The molecule has 0 radical (unpaired) electrons. The zero-order valence-corrected chi connectivity index (χ0v) is 12.1. The van der Waals surface area contributed by atoms with Crippen molar-refractivity contribution in [2.75, 3.05) is 11.4 Å². The SMILES string of the molecule is O=C(CC1CC1)N1CC[C@@H]2[C@@H]1CC(=O)N2c1ccsc1. The summed E-state index contributed by atoms with van der Waals surface area (Å²) >= 11 is 1.61. The van der Waals surface area contributed by atoms with Gasteiger partial charge in [-0.2, -0.15) is 11.3 Å². The molecular formula is C15H18N2O2S. The predicted octanol–water partition coefficient (Wildman–Crippen LogP) is 2.25. The maximum atomic E-state index is 12.3. The van der Waals surface area contributed by atoms with Crippen molar-refractivity contribution in [1.82, 2.24) is 4.90 Å². The molecule has 2 saturated heterocycles. The molecular weight excluding hydrogens is 272 g/mol. The first-order valence-electron chi connectivity index (χ1n) is 7.38. The first-order valence-corrected chi connectivity index (χ1v) is 8.32. The van der Waals surface area contributed by atoms with E-state index >= 15 is 0 Å². The van der Waals surface area contributed by atoms with Gasteiger partial charge in [-0.15, -0.1) is 0 Å². The zero-order valence-electron chi connectivity index (χ0n) is 11.3. The molecule has 3 fully saturated rings. The molecule has 1 aromatic rings. The molecule has 4 nitrogen and oxygen atoms in total. The molecule has 0 unspecified atom stereocenters. The largest absolute Gasteiger partial charge is 0.337 e. The Morgan fingerprint density at radius 2 is 2.15 bits per heavy atom. The van der Waals surface area contributed by atoms with Crippen molar-refractivity contribution in [2.24, 2.45) is 5.92 Å². The number of hydrogen-bond donors (Lipinski definition) is 0. The molecule has 5 heteroatoms. The minimum absolute atomic E-state index is 0.105. The van der Waals surface area contributed by atoms with Gasteiger partial charge < -0.3 is 9.80 Å². The summed E-state index contributed by atoms with van der Waals surface area (Å²) in [5, 5.41) is 4.02. The molecule has 0 N–H and O–H groups in total. The lowest BCUT2D eigenvalue weighted by Crippen LogP contribution is -2.40. The second-order valence-electron chi connectivity index (χ2n) is 6.11. The van der Waals surface area contributed by atoms with Crippen LogP contribution in [0, 0.1) is 5.92 Å². The monoisotopic (exact) mass is 290 g/mol. The highest BCUT2D eigenvalue weighted by Crippen LogP contribution is 2.39. The predicted molar refractivity (Wildman–Crippen MR) is 77.7 cm³/mol.